The Kier molecular flexibility index (Phi) is 4.26. The Balaban J connectivity index is 2.10. The molecular formula is C10H9Cl2NS2. The van der Waals surface area contributed by atoms with Gasteiger partial charge in [-0.25, -0.2) is 0 Å². The summed E-state index contributed by atoms with van der Waals surface area (Å²) in [4.78, 5) is 5.54. The van der Waals surface area contributed by atoms with Crippen LogP contribution in [0, 0.1) is 0 Å². The molecule has 0 aliphatic carbocycles. The SMILES string of the molecule is Clc1ccc(SC2=NCCCS2)cc1Cl. The normalized spacial score (nSPS) is 16.3. The van der Waals surface area contributed by atoms with Crippen molar-refractivity contribution in [2.45, 2.75) is 11.3 Å². The first-order valence-electron chi connectivity index (χ1n) is 4.56. The van der Waals surface area contributed by atoms with Crippen LogP contribution in [0.25, 0.3) is 0 Å². The molecule has 1 aliphatic heterocycles. The van der Waals surface area contributed by atoms with Crippen molar-refractivity contribution in [2.24, 2.45) is 4.99 Å². The lowest BCUT2D eigenvalue weighted by molar-refractivity contribution is 0.942. The van der Waals surface area contributed by atoms with Gasteiger partial charge < -0.3 is 0 Å². The Hall–Kier alpha value is 0.170. The van der Waals surface area contributed by atoms with E-state index in [1.54, 1.807) is 23.5 Å². The fourth-order valence-corrected chi connectivity index (χ4v) is 3.58. The summed E-state index contributed by atoms with van der Waals surface area (Å²) in [5.74, 6) is 1.16. The Morgan fingerprint density at radius 3 is 2.80 bits per heavy atom. The highest BCUT2D eigenvalue weighted by atomic mass is 35.5. The Labute approximate surface area is 108 Å². The largest absolute Gasteiger partial charge is 0.271 e. The zero-order valence-electron chi connectivity index (χ0n) is 7.87. The summed E-state index contributed by atoms with van der Waals surface area (Å²) in [7, 11) is 0. The van der Waals surface area contributed by atoms with Crippen LogP contribution in [0.3, 0.4) is 0 Å². The van der Waals surface area contributed by atoms with Gasteiger partial charge in [-0.05, 0) is 24.6 Å². The second-order valence-electron chi connectivity index (χ2n) is 3.03. The quantitative estimate of drug-likeness (QED) is 0.745. The van der Waals surface area contributed by atoms with E-state index in [0.717, 1.165) is 21.6 Å². The maximum absolute atomic E-state index is 5.94. The molecule has 0 amide bonds. The highest BCUT2D eigenvalue weighted by Gasteiger charge is 2.08. The van der Waals surface area contributed by atoms with Gasteiger partial charge in [-0.1, -0.05) is 46.7 Å². The molecule has 0 fully saturated rings. The molecule has 0 saturated heterocycles. The maximum Gasteiger partial charge on any atom is 0.129 e. The summed E-state index contributed by atoms with van der Waals surface area (Å²) in [6.07, 6.45) is 1.18. The van der Waals surface area contributed by atoms with Crippen LogP contribution < -0.4 is 0 Å². The van der Waals surface area contributed by atoms with Crippen LogP contribution in [0.1, 0.15) is 6.42 Å². The van der Waals surface area contributed by atoms with E-state index in [-0.39, 0.29) is 0 Å². The van der Waals surface area contributed by atoms with Crippen molar-refractivity contribution < 1.29 is 0 Å². The van der Waals surface area contributed by atoms with Crippen LogP contribution >= 0.6 is 46.7 Å². The molecule has 0 saturated carbocycles. The minimum Gasteiger partial charge on any atom is -0.271 e. The number of hydrogen-bond donors (Lipinski definition) is 0. The van der Waals surface area contributed by atoms with Crippen molar-refractivity contribution in [1.29, 1.82) is 0 Å². The van der Waals surface area contributed by atoms with Gasteiger partial charge in [0.2, 0.25) is 0 Å². The van der Waals surface area contributed by atoms with Crippen LogP contribution in [-0.2, 0) is 0 Å². The molecule has 1 heterocycles. The molecule has 0 aromatic heterocycles. The lowest BCUT2D eigenvalue weighted by Crippen LogP contribution is -1.99. The second-order valence-corrected chi connectivity index (χ2v) is 6.25. The highest BCUT2D eigenvalue weighted by Crippen LogP contribution is 2.32. The molecule has 0 bridgehead atoms. The zero-order chi connectivity index (χ0) is 10.7. The van der Waals surface area contributed by atoms with E-state index >= 15 is 0 Å². The summed E-state index contributed by atoms with van der Waals surface area (Å²) < 4.78 is 1.12. The van der Waals surface area contributed by atoms with Gasteiger partial charge in [-0.2, -0.15) is 0 Å². The number of hydrogen-bond acceptors (Lipinski definition) is 3. The molecule has 0 radical (unpaired) electrons. The number of nitrogens with zero attached hydrogens (tertiary/aromatic N) is 1. The first-order valence-corrected chi connectivity index (χ1v) is 7.11. The molecule has 80 valence electrons. The summed E-state index contributed by atoms with van der Waals surface area (Å²) in [6.45, 7) is 0.941. The predicted octanol–water partition coefficient (Wildman–Crippen LogP) is 4.58. The van der Waals surface area contributed by atoms with Crippen LogP contribution in [0.4, 0.5) is 0 Å². The van der Waals surface area contributed by atoms with Crippen LogP contribution in [0.5, 0.6) is 0 Å². The van der Waals surface area contributed by atoms with E-state index in [0.29, 0.717) is 10.0 Å². The van der Waals surface area contributed by atoms with Crippen molar-refractivity contribution in [3.8, 4) is 0 Å². The summed E-state index contributed by atoms with van der Waals surface area (Å²) in [5.41, 5.74) is 0. The molecule has 15 heavy (non-hydrogen) atoms. The number of rotatable bonds is 1. The third-order valence-corrected chi connectivity index (χ3v) is 4.87. The fraction of sp³-hybridized carbons (Fsp3) is 0.300. The molecule has 1 aromatic rings. The van der Waals surface area contributed by atoms with Gasteiger partial charge in [-0.15, -0.1) is 0 Å². The van der Waals surface area contributed by atoms with Gasteiger partial charge in [0.1, 0.15) is 4.38 Å². The molecular weight excluding hydrogens is 269 g/mol. The van der Waals surface area contributed by atoms with Gasteiger partial charge in [0.15, 0.2) is 0 Å². The minimum absolute atomic E-state index is 0.597. The number of thioether (sulfide) groups is 2. The first kappa shape index (κ1) is 11.6. The average molecular weight is 278 g/mol. The molecule has 0 atom stereocenters. The first-order chi connectivity index (χ1) is 7.25. The standard InChI is InChI=1S/C10H9Cl2NS2/c11-8-3-2-7(6-9(8)12)15-10-13-4-1-5-14-10/h2-3,6H,1,4-5H2. The van der Waals surface area contributed by atoms with E-state index in [1.165, 1.54) is 6.42 Å². The van der Waals surface area contributed by atoms with Crippen LogP contribution in [0.2, 0.25) is 10.0 Å². The lowest BCUT2D eigenvalue weighted by atomic mass is 10.4. The van der Waals surface area contributed by atoms with Gasteiger partial charge in [0.05, 0.1) is 10.0 Å². The van der Waals surface area contributed by atoms with Gasteiger partial charge in [0.25, 0.3) is 0 Å². The summed E-state index contributed by atoms with van der Waals surface area (Å²) >= 11 is 15.2. The van der Waals surface area contributed by atoms with Crippen molar-refractivity contribution in [2.75, 3.05) is 12.3 Å². The smallest absolute Gasteiger partial charge is 0.129 e. The summed E-state index contributed by atoms with van der Waals surface area (Å²) in [6, 6.07) is 5.67. The topological polar surface area (TPSA) is 12.4 Å². The Bertz CT molecular complexity index is 393. The second kappa shape index (κ2) is 5.48. The highest BCUT2D eigenvalue weighted by molar-refractivity contribution is 8.38. The third kappa shape index (κ3) is 3.31. The van der Waals surface area contributed by atoms with Gasteiger partial charge >= 0.3 is 0 Å². The number of aliphatic imine (C=N–C) groups is 1. The van der Waals surface area contributed by atoms with Crippen molar-refractivity contribution >= 4 is 51.1 Å². The average Bonchev–Trinajstić information content (AvgIpc) is 2.25. The van der Waals surface area contributed by atoms with Gasteiger partial charge in [-0.3, -0.25) is 4.99 Å². The lowest BCUT2D eigenvalue weighted by Gasteiger charge is -2.10. The van der Waals surface area contributed by atoms with Crippen molar-refractivity contribution in [3.05, 3.63) is 28.2 Å². The third-order valence-electron chi connectivity index (χ3n) is 1.87. The van der Waals surface area contributed by atoms with Gasteiger partial charge in [0, 0.05) is 17.2 Å². The molecule has 5 heteroatoms. The van der Waals surface area contributed by atoms with E-state index in [1.807, 2.05) is 18.2 Å². The molecule has 0 spiro atoms. The Morgan fingerprint density at radius 2 is 2.13 bits per heavy atom. The minimum atomic E-state index is 0.597. The molecule has 1 aromatic carbocycles. The maximum atomic E-state index is 5.94. The van der Waals surface area contributed by atoms with Crippen molar-refractivity contribution in [3.63, 3.8) is 0 Å². The molecule has 1 aliphatic rings. The molecule has 0 N–H and O–H groups in total. The van der Waals surface area contributed by atoms with E-state index in [4.69, 9.17) is 23.2 Å². The number of halogens is 2. The van der Waals surface area contributed by atoms with E-state index in [9.17, 15) is 0 Å². The van der Waals surface area contributed by atoms with E-state index < -0.39 is 0 Å². The van der Waals surface area contributed by atoms with Crippen LogP contribution in [-0.4, -0.2) is 16.7 Å². The molecule has 0 unspecified atom stereocenters. The van der Waals surface area contributed by atoms with E-state index in [2.05, 4.69) is 4.99 Å². The monoisotopic (exact) mass is 277 g/mol. The molecule has 1 nitrogen and oxygen atoms in total. The van der Waals surface area contributed by atoms with Crippen molar-refractivity contribution in [1.82, 2.24) is 0 Å². The Morgan fingerprint density at radius 1 is 1.27 bits per heavy atom. The fourth-order valence-electron chi connectivity index (χ4n) is 1.14. The molecule has 2 rings (SSSR count). The predicted molar refractivity (Wildman–Crippen MR) is 71.7 cm³/mol. The summed E-state index contributed by atoms with van der Waals surface area (Å²) in [5, 5.41) is 1.20. The van der Waals surface area contributed by atoms with Crippen LogP contribution in [0.15, 0.2) is 28.1 Å². The number of benzene rings is 1. The zero-order valence-corrected chi connectivity index (χ0v) is 11.0.